The monoisotopic (exact) mass is 293 g/mol. The summed E-state index contributed by atoms with van der Waals surface area (Å²) in [6.07, 6.45) is 1.60. The molecule has 0 spiro atoms. The van der Waals surface area contributed by atoms with Crippen LogP contribution in [0, 0.1) is 11.3 Å². The van der Waals surface area contributed by atoms with Crippen molar-refractivity contribution < 1.29 is 0 Å². The van der Waals surface area contributed by atoms with Crippen LogP contribution in [-0.2, 0) is 6.54 Å². The fraction of sp³-hybridized carbons (Fsp3) is 0.0588. The minimum absolute atomic E-state index is 0.538. The van der Waals surface area contributed by atoms with Crippen molar-refractivity contribution in [3.05, 3.63) is 70.9 Å². The largest absolute Gasteiger partial charge is 0.379 e. The minimum atomic E-state index is 0.538. The van der Waals surface area contributed by atoms with Crippen molar-refractivity contribution in [3.8, 4) is 6.07 Å². The molecule has 0 amide bonds. The molecular weight excluding hydrogens is 282 g/mol. The molecule has 3 rings (SSSR count). The van der Waals surface area contributed by atoms with Gasteiger partial charge in [-0.15, -0.1) is 0 Å². The van der Waals surface area contributed by atoms with Crippen LogP contribution in [0.25, 0.3) is 10.9 Å². The van der Waals surface area contributed by atoms with Crippen molar-refractivity contribution in [2.45, 2.75) is 6.54 Å². The molecule has 1 heterocycles. The van der Waals surface area contributed by atoms with E-state index in [0.717, 1.165) is 22.2 Å². The average molecular weight is 294 g/mol. The zero-order valence-electron chi connectivity index (χ0n) is 11.2. The Morgan fingerprint density at radius 1 is 1.14 bits per heavy atom. The Bertz CT molecular complexity index is 837. The van der Waals surface area contributed by atoms with Crippen molar-refractivity contribution in [1.29, 1.82) is 5.26 Å². The van der Waals surface area contributed by atoms with Gasteiger partial charge in [-0.25, -0.2) is 0 Å². The second-order valence-corrected chi connectivity index (χ2v) is 5.10. The Morgan fingerprint density at radius 3 is 2.81 bits per heavy atom. The first-order valence-electron chi connectivity index (χ1n) is 6.54. The smallest absolute Gasteiger partial charge is 0.103 e. The predicted octanol–water partition coefficient (Wildman–Crippen LogP) is 4.37. The number of fused-ring (bicyclic) bond motifs is 1. The van der Waals surface area contributed by atoms with Crippen LogP contribution in [0.1, 0.15) is 11.1 Å². The summed E-state index contributed by atoms with van der Waals surface area (Å²) in [6.45, 7) is 0.600. The number of hydrogen-bond acceptors (Lipinski definition) is 3. The van der Waals surface area contributed by atoms with Gasteiger partial charge in [-0.05, 0) is 23.8 Å². The van der Waals surface area contributed by atoms with Crippen LogP contribution in [0.3, 0.4) is 0 Å². The van der Waals surface area contributed by atoms with E-state index in [2.05, 4.69) is 16.4 Å². The molecule has 4 heteroatoms. The maximum absolute atomic E-state index is 9.27. The molecule has 0 unspecified atom stereocenters. The Hall–Kier alpha value is -2.57. The fourth-order valence-electron chi connectivity index (χ4n) is 2.25. The van der Waals surface area contributed by atoms with Crippen LogP contribution >= 0.6 is 11.6 Å². The number of benzene rings is 2. The minimum Gasteiger partial charge on any atom is -0.379 e. The average Bonchev–Trinajstić information content (AvgIpc) is 2.52. The maximum Gasteiger partial charge on any atom is 0.103 e. The van der Waals surface area contributed by atoms with Crippen molar-refractivity contribution in [2.75, 3.05) is 5.32 Å². The fourth-order valence-corrected chi connectivity index (χ4v) is 2.47. The van der Waals surface area contributed by atoms with Gasteiger partial charge in [0, 0.05) is 23.2 Å². The third kappa shape index (κ3) is 2.81. The quantitative estimate of drug-likeness (QED) is 0.780. The zero-order chi connectivity index (χ0) is 14.7. The molecule has 3 aromatic rings. The van der Waals surface area contributed by atoms with E-state index in [1.165, 1.54) is 0 Å². The van der Waals surface area contributed by atoms with Crippen LogP contribution in [0.15, 0.2) is 54.7 Å². The van der Waals surface area contributed by atoms with Gasteiger partial charge in [0.25, 0.3) is 0 Å². The van der Waals surface area contributed by atoms with Crippen LogP contribution in [0.4, 0.5) is 5.69 Å². The van der Waals surface area contributed by atoms with Gasteiger partial charge in [-0.1, -0.05) is 41.9 Å². The molecule has 2 aromatic carbocycles. The van der Waals surface area contributed by atoms with Gasteiger partial charge < -0.3 is 5.32 Å². The van der Waals surface area contributed by atoms with E-state index in [1.54, 1.807) is 6.20 Å². The molecule has 0 aliphatic heterocycles. The molecule has 0 aliphatic carbocycles. The molecule has 1 aromatic heterocycles. The first-order chi connectivity index (χ1) is 10.3. The molecule has 0 atom stereocenters. The SMILES string of the molecule is N#Cc1cnc2ccccc2c1NCc1cccc(Cl)c1. The van der Waals surface area contributed by atoms with E-state index in [4.69, 9.17) is 11.6 Å². The van der Waals surface area contributed by atoms with Gasteiger partial charge in [0.1, 0.15) is 6.07 Å². The summed E-state index contributed by atoms with van der Waals surface area (Å²) in [5.41, 5.74) is 3.27. The highest BCUT2D eigenvalue weighted by molar-refractivity contribution is 6.30. The molecule has 0 bridgehead atoms. The van der Waals surface area contributed by atoms with Crippen LogP contribution in [-0.4, -0.2) is 4.98 Å². The van der Waals surface area contributed by atoms with E-state index in [-0.39, 0.29) is 0 Å². The lowest BCUT2D eigenvalue weighted by Crippen LogP contribution is -2.02. The highest BCUT2D eigenvalue weighted by Crippen LogP contribution is 2.26. The van der Waals surface area contributed by atoms with Crippen molar-refractivity contribution in [2.24, 2.45) is 0 Å². The number of rotatable bonds is 3. The number of anilines is 1. The summed E-state index contributed by atoms with van der Waals surface area (Å²) in [6, 6.07) is 17.6. The van der Waals surface area contributed by atoms with E-state index < -0.39 is 0 Å². The third-order valence-corrected chi connectivity index (χ3v) is 3.49. The Kier molecular flexibility index (Phi) is 3.72. The topological polar surface area (TPSA) is 48.7 Å². The normalized spacial score (nSPS) is 10.3. The molecule has 1 N–H and O–H groups in total. The molecule has 0 saturated heterocycles. The summed E-state index contributed by atoms with van der Waals surface area (Å²) in [5.74, 6) is 0. The molecule has 21 heavy (non-hydrogen) atoms. The zero-order valence-corrected chi connectivity index (χ0v) is 11.9. The Morgan fingerprint density at radius 2 is 2.00 bits per heavy atom. The highest BCUT2D eigenvalue weighted by atomic mass is 35.5. The summed E-state index contributed by atoms with van der Waals surface area (Å²) in [5, 5.41) is 14.2. The highest BCUT2D eigenvalue weighted by Gasteiger charge is 2.08. The molecule has 3 nitrogen and oxygen atoms in total. The van der Waals surface area contributed by atoms with Crippen molar-refractivity contribution >= 4 is 28.2 Å². The molecule has 0 saturated carbocycles. The van der Waals surface area contributed by atoms with Gasteiger partial charge in [0.05, 0.1) is 16.8 Å². The lowest BCUT2D eigenvalue weighted by atomic mass is 10.1. The number of nitrogens with one attached hydrogen (secondary N) is 1. The van der Waals surface area contributed by atoms with Gasteiger partial charge in [-0.3, -0.25) is 4.98 Å². The number of para-hydroxylation sites is 1. The molecule has 102 valence electrons. The first-order valence-corrected chi connectivity index (χ1v) is 6.92. The van der Waals surface area contributed by atoms with Gasteiger partial charge >= 0.3 is 0 Å². The predicted molar refractivity (Wildman–Crippen MR) is 85.2 cm³/mol. The first kappa shape index (κ1) is 13.4. The lowest BCUT2D eigenvalue weighted by Gasteiger charge is -2.11. The number of nitriles is 1. The second kappa shape index (κ2) is 5.82. The van der Waals surface area contributed by atoms with Crippen molar-refractivity contribution in [1.82, 2.24) is 4.98 Å². The summed E-state index contributed by atoms with van der Waals surface area (Å²) in [4.78, 5) is 4.30. The van der Waals surface area contributed by atoms with E-state index in [9.17, 15) is 5.26 Å². The van der Waals surface area contributed by atoms with E-state index in [0.29, 0.717) is 17.1 Å². The van der Waals surface area contributed by atoms with Crippen molar-refractivity contribution in [3.63, 3.8) is 0 Å². The van der Waals surface area contributed by atoms with Gasteiger partial charge in [0.15, 0.2) is 0 Å². The maximum atomic E-state index is 9.27. The van der Waals surface area contributed by atoms with Crippen LogP contribution in [0.2, 0.25) is 5.02 Å². The molecule has 0 aliphatic rings. The Balaban J connectivity index is 1.98. The summed E-state index contributed by atoms with van der Waals surface area (Å²) < 4.78 is 0. The standard InChI is InChI=1S/C17H12ClN3/c18-14-5-3-4-12(8-14)10-21-17-13(9-19)11-20-16-7-2-1-6-15(16)17/h1-8,11H,10H2,(H,20,21). The van der Waals surface area contributed by atoms with E-state index in [1.807, 2.05) is 48.5 Å². The molecule has 0 fully saturated rings. The van der Waals surface area contributed by atoms with E-state index >= 15 is 0 Å². The second-order valence-electron chi connectivity index (χ2n) is 4.66. The summed E-state index contributed by atoms with van der Waals surface area (Å²) >= 11 is 5.99. The lowest BCUT2D eigenvalue weighted by molar-refractivity contribution is 1.15. The van der Waals surface area contributed by atoms with Crippen LogP contribution in [0.5, 0.6) is 0 Å². The number of hydrogen-bond donors (Lipinski definition) is 1. The number of nitrogens with zero attached hydrogens (tertiary/aromatic N) is 2. The Labute approximate surface area is 127 Å². The molecule has 0 radical (unpaired) electrons. The number of halogens is 1. The van der Waals surface area contributed by atoms with Crippen LogP contribution < -0.4 is 5.32 Å². The summed E-state index contributed by atoms with van der Waals surface area (Å²) in [7, 11) is 0. The van der Waals surface area contributed by atoms with Gasteiger partial charge in [-0.2, -0.15) is 5.26 Å². The number of pyridine rings is 1. The third-order valence-electron chi connectivity index (χ3n) is 3.25. The number of aromatic nitrogens is 1. The van der Waals surface area contributed by atoms with Gasteiger partial charge in [0.2, 0.25) is 0 Å². The molecular formula is C17H12ClN3.